The highest BCUT2D eigenvalue weighted by Crippen LogP contribution is 2.27. The molecule has 1 saturated heterocycles. The third kappa shape index (κ3) is 2.69. The van der Waals surface area contributed by atoms with Crippen molar-refractivity contribution in [2.75, 3.05) is 13.1 Å². The van der Waals surface area contributed by atoms with Gasteiger partial charge < -0.3 is 5.11 Å². The standard InChI is InChI=1S/C13H18ClNO/c1-10-7-13(16)11(8-12(10)14)9-15-5-3-2-4-6-15/h7-8,16H,2-6,9H2,1H3. The third-order valence-electron chi connectivity index (χ3n) is 3.20. The predicted octanol–water partition coefficient (Wildman–Crippen LogP) is 3.34. The molecule has 0 aromatic heterocycles. The van der Waals surface area contributed by atoms with Crippen LogP contribution in [0.5, 0.6) is 5.75 Å². The molecule has 1 aliphatic heterocycles. The summed E-state index contributed by atoms with van der Waals surface area (Å²) in [5, 5.41) is 10.6. The number of nitrogens with zero attached hydrogens (tertiary/aromatic N) is 1. The molecule has 0 bridgehead atoms. The van der Waals surface area contributed by atoms with Crippen LogP contribution in [0.15, 0.2) is 12.1 Å². The molecule has 1 heterocycles. The first-order valence-electron chi connectivity index (χ1n) is 5.87. The zero-order valence-corrected chi connectivity index (χ0v) is 10.4. The Balaban J connectivity index is 2.11. The summed E-state index contributed by atoms with van der Waals surface area (Å²) < 4.78 is 0. The Bertz CT molecular complexity index is 372. The number of rotatable bonds is 2. The summed E-state index contributed by atoms with van der Waals surface area (Å²) in [6.45, 7) is 4.98. The van der Waals surface area contributed by atoms with Crippen LogP contribution in [0, 0.1) is 6.92 Å². The fraction of sp³-hybridized carbons (Fsp3) is 0.538. The molecule has 2 rings (SSSR count). The molecular weight excluding hydrogens is 222 g/mol. The molecule has 0 radical (unpaired) electrons. The van der Waals surface area contributed by atoms with Crippen LogP contribution in [0.25, 0.3) is 0 Å². The lowest BCUT2D eigenvalue weighted by molar-refractivity contribution is 0.218. The van der Waals surface area contributed by atoms with Gasteiger partial charge in [0.15, 0.2) is 0 Å². The molecule has 0 spiro atoms. The normalized spacial score (nSPS) is 17.6. The number of aromatic hydroxyl groups is 1. The van der Waals surface area contributed by atoms with Gasteiger partial charge in [-0.05, 0) is 50.6 Å². The number of halogens is 1. The molecule has 1 N–H and O–H groups in total. The molecule has 1 fully saturated rings. The van der Waals surface area contributed by atoms with Crippen molar-refractivity contribution >= 4 is 11.6 Å². The molecule has 0 unspecified atom stereocenters. The highest BCUT2D eigenvalue weighted by Gasteiger charge is 2.13. The van der Waals surface area contributed by atoms with E-state index in [0.717, 1.165) is 35.8 Å². The second-order valence-corrected chi connectivity index (χ2v) is 4.97. The maximum atomic E-state index is 9.86. The van der Waals surface area contributed by atoms with Gasteiger partial charge >= 0.3 is 0 Å². The van der Waals surface area contributed by atoms with Crippen LogP contribution < -0.4 is 0 Å². The van der Waals surface area contributed by atoms with E-state index in [1.54, 1.807) is 6.07 Å². The van der Waals surface area contributed by atoms with Crippen molar-refractivity contribution in [1.29, 1.82) is 0 Å². The number of phenolic OH excluding ortho intramolecular Hbond substituents is 1. The van der Waals surface area contributed by atoms with E-state index in [1.807, 2.05) is 13.0 Å². The first-order chi connectivity index (χ1) is 7.66. The van der Waals surface area contributed by atoms with Gasteiger partial charge in [-0.15, -0.1) is 0 Å². The average Bonchev–Trinajstić information content (AvgIpc) is 2.27. The number of likely N-dealkylation sites (tertiary alicyclic amines) is 1. The van der Waals surface area contributed by atoms with Crippen LogP contribution in [0.4, 0.5) is 0 Å². The van der Waals surface area contributed by atoms with Crippen LogP contribution >= 0.6 is 11.6 Å². The van der Waals surface area contributed by atoms with Crippen molar-refractivity contribution in [3.8, 4) is 5.75 Å². The fourth-order valence-corrected chi connectivity index (χ4v) is 2.38. The van der Waals surface area contributed by atoms with E-state index in [9.17, 15) is 5.11 Å². The topological polar surface area (TPSA) is 23.5 Å². The van der Waals surface area contributed by atoms with E-state index in [1.165, 1.54) is 19.3 Å². The molecule has 3 heteroatoms. The Morgan fingerprint density at radius 2 is 1.94 bits per heavy atom. The molecule has 0 atom stereocenters. The minimum absolute atomic E-state index is 0.368. The van der Waals surface area contributed by atoms with Crippen LogP contribution in [0.1, 0.15) is 30.4 Å². The van der Waals surface area contributed by atoms with Gasteiger partial charge in [0.05, 0.1) is 0 Å². The van der Waals surface area contributed by atoms with Crippen LogP contribution in [0.2, 0.25) is 5.02 Å². The number of hydrogen-bond acceptors (Lipinski definition) is 2. The van der Waals surface area contributed by atoms with E-state index in [2.05, 4.69) is 4.90 Å². The summed E-state index contributed by atoms with van der Waals surface area (Å²) in [5.74, 6) is 0.368. The SMILES string of the molecule is Cc1cc(O)c(CN2CCCCC2)cc1Cl. The average molecular weight is 240 g/mol. The highest BCUT2D eigenvalue weighted by molar-refractivity contribution is 6.31. The Morgan fingerprint density at radius 3 is 2.62 bits per heavy atom. The van der Waals surface area contributed by atoms with Crippen molar-refractivity contribution in [3.63, 3.8) is 0 Å². The van der Waals surface area contributed by atoms with Gasteiger partial charge in [0.1, 0.15) is 5.75 Å². The van der Waals surface area contributed by atoms with Gasteiger partial charge in [-0.25, -0.2) is 0 Å². The van der Waals surface area contributed by atoms with Gasteiger partial charge in [0.2, 0.25) is 0 Å². The van der Waals surface area contributed by atoms with Gasteiger partial charge in [0, 0.05) is 17.1 Å². The lowest BCUT2D eigenvalue weighted by atomic mass is 10.1. The maximum absolute atomic E-state index is 9.86. The van der Waals surface area contributed by atoms with E-state index in [-0.39, 0.29) is 0 Å². The molecule has 0 aliphatic carbocycles. The molecule has 1 aliphatic rings. The second kappa shape index (κ2) is 5.07. The molecular formula is C13H18ClNO. The summed E-state index contributed by atoms with van der Waals surface area (Å²) in [7, 11) is 0. The monoisotopic (exact) mass is 239 g/mol. The summed E-state index contributed by atoms with van der Waals surface area (Å²) in [6.07, 6.45) is 3.86. The van der Waals surface area contributed by atoms with Gasteiger partial charge in [-0.3, -0.25) is 4.90 Å². The Morgan fingerprint density at radius 1 is 1.25 bits per heavy atom. The zero-order valence-electron chi connectivity index (χ0n) is 9.67. The number of aryl methyl sites for hydroxylation is 1. The van der Waals surface area contributed by atoms with Crippen LogP contribution in [-0.4, -0.2) is 23.1 Å². The summed E-state index contributed by atoms with van der Waals surface area (Å²) in [4.78, 5) is 2.38. The lowest BCUT2D eigenvalue weighted by Crippen LogP contribution is -2.29. The van der Waals surface area contributed by atoms with E-state index >= 15 is 0 Å². The van der Waals surface area contributed by atoms with Crippen molar-refractivity contribution in [3.05, 3.63) is 28.3 Å². The Hall–Kier alpha value is -0.730. The van der Waals surface area contributed by atoms with E-state index in [0.29, 0.717) is 5.75 Å². The van der Waals surface area contributed by atoms with Crippen molar-refractivity contribution in [2.45, 2.75) is 32.7 Å². The number of hydrogen-bond donors (Lipinski definition) is 1. The highest BCUT2D eigenvalue weighted by atomic mass is 35.5. The van der Waals surface area contributed by atoms with Crippen molar-refractivity contribution in [1.82, 2.24) is 4.90 Å². The second-order valence-electron chi connectivity index (χ2n) is 4.57. The first kappa shape index (κ1) is 11.7. The van der Waals surface area contributed by atoms with Gasteiger partial charge in [-0.2, -0.15) is 0 Å². The molecule has 0 saturated carbocycles. The summed E-state index contributed by atoms with van der Waals surface area (Å²) >= 11 is 6.07. The zero-order chi connectivity index (χ0) is 11.5. The summed E-state index contributed by atoms with van der Waals surface area (Å²) in [5.41, 5.74) is 1.87. The quantitative estimate of drug-likeness (QED) is 0.856. The molecule has 2 nitrogen and oxygen atoms in total. The number of benzene rings is 1. The van der Waals surface area contributed by atoms with Crippen LogP contribution in [0.3, 0.4) is 0 Å². The predicted molar refractivity (Wildman–Crippen MR) is 67.0 cm³/mol. The largest absolute Gasteiger partial charge is 0.508 e. The molecule has 1 aromatic carbocycles. The van der Waals surface area contributed by atoms with Crippen molar-refractivity contribution in [2.24, 2.45) is 0 Å². The molecule has 88 valence electrons. The van der Waals surface area contributed by atoms with Gasteiger partial charge in [-0.1, -0.05) is 18.0 Å². The maximum Gasteiger partial charge on any atom is 0.120 e. The molecule has 1 aromatic rings. The molecule has 16 heavy (non-hydrogen) atoms. The minimum Gasteiger partial charge on any atom is -0.508 e. The third-order valence-corrected chi connectivity index (χ3v) is 3.61. The fourth-order valence-electron chi connectivity index (χ4n) is 2.19. The number of piperidine rings is 1. The van der Waals surface area contributed by atoms with E-state index < -0.39 is 0 Å². The smallest absolute Gasteiger partial charge is 0.120 e. The number of phenols is 1. The minimum atomic E-state index is 0.368. The summed E-state index contributed by atoms with van der Waals surface area (Å²) in [6, 6.07) is 3.64. The van der Waals surface area contributed by atoms with Gasteiger partial charge in [0.25, 0.3) is 0 Å². The van der Waals surface area contributed by atoms with E-state index in [4.69, 9.17) is 11.6 Å². The Labute approximate surface area is 102 Å². The lowest BCUT2D eigenvalue weighted by Gasteiger charge is -2.26. The molecule has 0 amide bonds. The Kier molecular flexibility index (Phi) is 3.72. The van der Waals surface area contributed by atoms with Crippen LogP contribution in [-0.2, 0) is 6.54 Å². The first-order valence-corrected chi connectivity index (χ1v) is 6.25. The van der Waals surface area contributed by atoms with Crippen molar-refractivity contribution < 1.29 is 5.11 Å².